The fourth-order valence-corrected chi connectivity index (χ4v) is 2.53. The first-order valence-corrected chi connectivity index (χ1v) is 6.47. The smallest absolute Gasteiger partial charge is 0.257 e. The van der Waals surface area contributed by atoms with Gasteiger partial charge in [-0.05, 0) is 42.3 Å². The summed E-state index contributed by atoms with van der Waals surface area (Å²) in [6.07, 6.45) is 0. The summed E-state index contributed by atoms with van der Waals surface area (Å²) >= 11 is 0. The molecule has 1 aliphatic heterocycles. The number of benzene rings is 2. The summed E-state index contributed by atoms with van der Waals surface area (Å²) in [6, 6.07) is 10.2. The van der Waals surface area contributed by atoms with Crippen LogP contribution >= 0.6 is 0 Å². The number of amides is 1. The van der Waals surface area contributed by atoms with Gasteiger partial charge in [-0.15, -0.1) is 0 Å². The van der Waals surface area contributed by atoms with Crippen molar-refractivity contribution in [2.24, 2.45) is 0 Å². The van der Waals surface area contributed by atoms with Gasteiger partial charge in [0.25, 0.3) is 5.91 Å². The molecule has 2 aromatic rings. The van der Waals surface area contributed by atoms with Crippen LogP contribution in [0.2, 0.25) is 0 Å². The number of carbonyl (C=O) groups is 1. The third-order valence-corrected chi connectivity index (χ3v) is 3.59. The van der Waals surface area contributed by atoms with Crippen molar-refractivity contribution in [3.05, 3.63) is 64.5 Å². The molecule has 0 fully saturated rings. The van der Waals surface area contributed by atoms with Gasteiger partial charge in [-0.2, -0.15) is 0 Å². The number of fused-ring (bicyclic) bond motifs is 1. The maximum atomic E-state index is 13.8. The lowest BCUT2D eigenvalue weighted by atomic mass is 10.1. The molecule has 1 amide bonds. The Bertz CT molecular complexity index is 697. The van der Waals surface area contributed by atoms with Crippen LogP contribution in [0.3, 0.4) is 0 Å². The summed E-state index contributed by atoms with van der Waals surface area (Å²) in [5.41, 5.74) is 9.53. The molecule has 0 atom stereocenters. The predicted molar refractivity (Wildman–Crippen MR) is 75.6 cm³/mol. The SMILES string of the molecule is Cc1ccc(F)c(C(=O)N2Cc3ccc(N)cc3C2)c1. The fourth-order valence-electron chi connectivity index (χ4n) is 2.53. The zero-order chi connectivity index (χ0) is 14.3. The summed E-state index contributed by atoms with van der Waals surface area (Å²) in [5.74, 6) is -0.753. The highest BCUT2D eigenvalue weighted by Crippen LogP contribution is 2.26. The van der Waals surface area contributed by atoms with Crippen LogP contribution in [0.15, 0.2) is 36.4 Å². The molecule has 1 aliphatic rings. The number of hydrogen-bond acceptors (Lipinski definition) is 2. The highest BCUT2D eigenvalue weighted by atomic mass is 19.1. The first-order chi connectivity index (χ1) is 9.54. The summed E-state index contributed by atoms with van der Waals surface area (Å²) in [4.78, 5) is 14.1. The molecule has 0 aromatic heterocycles. The predicted octanol–water partition coefficient (Wildman–Crippen LogP) is 2.87. The zero-order valence-electron chi connectivity index (χ0n) is 11.2. The molecule has 0 radical (unpaired) electrons. The maximum absolute atomic E-state index is 13.8. The van der Waals surface area contributed by atoms with E-state index in [0.717, 1.165) is 16.7 Å². The van der Waals surface area contributed by atoms with E-state index in [9.17, 15) is 9.18 Å². The van der Waals surface area contributed by atoms with Crippen LogP contribution in [0, 0.1) is 12.7 Å². The van der Waals surface area contributed by atoms with Crippen molar-refractivity contribution in [2.45, 2.75) is 20.0 Å². The Morgan fingerprint density at radius 2 is 1.90 bits per heavy atom. The second-order valence-electron chi connectivity index (χ2n) is 5.17. The topological polar surface area (TPSA) is 46.3 Å². The van der Waals surface area contributed by atoms with Gasteiger partial charge in [0.2, 0.25) is 0 Å². The molecule has 0 saturated carbocycles. The van der Waals surface area contributed by atoms with E-state index in [1.807, 2.05) is 25.1 Å². The molecule has 2 N–H and O–H groups in total. The van der Waals surface area contributed by atoms with E-state index >= 15 is 0 Å². The molecule has 4 heteroatoms. The molecule has 0 unspecified atom stereocenters. The Labute approximate surface area is 116 Å². The van der Waals surface area contributed by atoms with Crippen LogP contribution in [0.5, 0.6) is 0 Å². The molecule has 20 heavy (non-hydrogen) atoms. The maximum Gasteiger partial charge on any atom is 0.257 e. The van der Waals surface area contributed by atoms with Crippen molar-refractivity contribution in [1.29, 1.82) is 0 Å². The van der Waals surface area contributed by atoms with Gasteiger partial charge < -0.3 is 10.6 Å². The monoisotopic (exact) mass is 270 g/mol. The largest absolute Gasteiger partial charge is 0.399 e. The molecule has 102 valence electrons. The van der Waals surface area contributed by atoms with Crippen LogP contribution in [-0.2, 0) is 13.1 Å². The Hall–Kier alpha value is -2.36. The number of nitrogen functional groups attached to an aromatic ring is 1. The lowest BCUT2D eigenvalue weighted by Crippen LogP contribution is -2.26. The quantitative estimate of drug-likeness (QED) is 0.810. The summed E-state index contributed by atoms with van der Waals surface area (Å²) in [5, 5.41) is 0. The highest BCUT2D eigenvalue weighted by Gasteiger charge is 2.26. The lowest BCUT2D eigenvalue weighted by Gasteiger charge is -2.16. The van der Waals surface area contributed by atoms with Crippen molar-refractivity contribution >= 4 is 11.6 Å². The van der Waals surface area contributed by atoms with E-state index in [4.69, 9.17) is 5.73 Å². The number of aryl methyl sites for hydroxylation is 1. The average molecular weight is 270 g/mol. The Morgan fingerprint density at radius 1 is 1.15 bits per heavy atom. The minimum absolute atomic E-state index is 0.130. The van der Waals surface area contributed by atoms with Gasteiger partial charge in [-0.3, -0.25) is 4.79 Å². The summed E-state index contributed by atoms with van der Waals surface area (Å²) in [6.45, 7) is 2.82. The molecule has 1 heterocycles. The number of nitrogens with two attached hydrogens (primary N) is 1. The van der Waals surface area contributed by atoms with Crippen LogP contribution in [0.1, 0.15) is 27.0 Å². The second kappa shape index (κ2) is 4.63. The van der Waals surface area contributed by atoms with E-state index in [1.54, 1.807) is 17.0 Å². The molecular formula is C16H15FN2O. The van der Waals surface area contributed by atoms with E-state index in [0.29, 0.717) is 18.8 Å². The van der Waals surface area contributed by atoms with E-state index < -0.39 is 5.82 Å². The molecule has 3 nitrogen and oxygen atoms in total. The van der Waals surface area contributed by atoms with Gasteiger partial charge in [-0.25, -0.2) is 4.39 Å². The Balaban J connectivity index is 1.89. The number of hydrogen-bond donors (Lipinski definition) is 1. The van der Waals surface area contributed by atoms with Crippen molar-refractivity contribution in [2.75, 3.05) is 5.73 Å². The van der Waals surface area contributed by atoms with Crippen molar-refractivity contribution in [1.82, 2.24) is 4.90 Å². The molecule has 0 saturated heterocycles. The van der Waals surface area contributed by atoms with E-state index in [1.165, 1.54) is 6.07 Å². The molecule has 2 aromatic carbocycles. The Morgan fingerprint density at radius 3 is 2.70 bits per heavy atom. The Kier molecular flexibility index (Phi) is 2.93. The molecule has 0 bridgehead atoms. The number of nitrogens with zero attached hydrogens (tertiary/aromatic N) is 1. The number of halogens is 1. The standard InChI is InChI=1S/C16H15FN2O/c1-10-2-5-15(17)14(6-10)16(20)19-8-11-3-4-13(18)7-12(11)9-19/h2-7H,8-9,18H2,1H3. The van der Waals surface area contributed by atoms with Crippen LogP contribution in [0.4, 0.5) is 10.1 Å². The highest BCUT2D eigenvalue weighted by molar-refractivity contribution is 5.95. The number of rotatable bonds is 1. The zero-order valence-corrected chi connectivity index (χ0v) is 11.2. The first-order valence-electron chi connectivity index (χ1n) is 6.47. The van der Waals surface area contributed by atoms with Gasteiger partial charge >= 0.3 is 0 Å². The number of anilines is 1. The third-order valence-electron chi connectivity index (χ3n) is 3.59. The summed E-state index contributed by atoms with van der Waals surface area (Å²) < 4.78 is 13.8. The fraction of sp³-hybridized carbons (Fsp3) is 0.188. The van der Waals surface area contributed by atoms with Crippen LogP contribution in [-0.4, -0.2) is 10.8 Å². The van der Waals surface area contributed by atoms with Crippen molar-refractivity contribution in [3.63, 3.8) is 0 Å². The van der Waals surface area contributed by atoms with Gasteiger partial charge in [-0.1, -0.05) is 17.7 Å². The number of carbonyl (C=O) groups excluding carboxylic acids is 1. The normalized spacial score (nSPS) is 13.4. The molecule has 0 spiro atoms. The van der Waals surface area contributed by atoms with Crippen molar-refractivity contribution in [3.8, 4) is 0 Å². The van der Waals surface area contributed by atoms with Crippen LogP contribution in [0.25, 0.3) is 0 Å². The third kappa shape index (κ3) is 2.13. The minimum Gasteiger partial charge on any atom is -0.399 e. The van der Waals surface area contributed by atoms with Gasteiger partial charge in [0, 0.05) is 18.8 Å². The first kappa shape index (κ1) is 12.7. The average Bonchev–Trinajstić information content (AvgIpc) is 2.83. The van der Waals surface area contributed by atoms with Crippen LogP contribution < -0.4 is 5.73 Å². The molecular weight excluding hydrogens is 255 g/mol. The second-order valence-corrected chi connectivity index (χ2v) is 5.17. The van der Waals surface area contributed by atoms with E-state index in [-0.39, 0.29) is 11.5 Å². The van der Waals surface area contributed by atoms with Crippen molar-refractivity contribution < 1.29 is 9.18 Å². The van der Waals surface area contributed by atoms with Gasteiger partial charge in [0.15, 0.2) is 0 Å². The lowest BCUT2D eigenvalue weighted by molar-refractivity contribution is 0.0746. The minimum atomic E-state index is -0.476. The van der Waals surface area contributed by atoms with Gasteiger partial charge in [0.1, 0.15) is 5.82 Å². The summed E-state index contributed by atoms with van der Waals surface area (Å²) in [7, 11) is 0. The van der Waals surface area contributed by atoms with Gasteiger partial charge in [0.05, 0.1) is 5.56 Å². The molecule has 0 aliphatic carbocycles. The van der Waals surface area contributed by atoms with E-state index in [2.05, 4.69) is 0 Å². The molecule has 3 rings (SSSR count).